The van der Waals surface area contributed by atoms with Crippen LogP contribution in [0.2, 0.25) is 0 Å². The van der Waals surface area contributed by atoms with E-state index in [-0.39, 0.29) is 0 Å². The SMILES string of the molecule is NC(CO)OS(N)(=O)=O. The summed E-state index contributed by atoms with van der Waals surface area (Å²) in [5, 5.41) is 12.5. The van der Waals surface area contributed by atoms with E-state index < -0.39 is 23.1 Å². The molecular formula is C2H8N2O4S. The lowest BCUT2D eigenvalue weighted by Crippen LogP contribution is -2.33. The van der Waals surface area contributed by atoms with Crippen molar-refractivity contribution in [1.29, 1.82) is 0 Å². The fraction of sp³-hybridized carbons (Fsp3) is 1.00. The summed E-state index contributed by atoms with van der Waals surface area (Å²) in [5.41, 5.74) is 4.83. The molecule has 0 aromatic heterocycles. The first-order valence-electron chi connectivity index (χ1n) is 2.03. The van der Waals surface area contributed by atoms with E-state index in [4.69, 9.17) is 10.8 Å². The molecule has 0 rings (SSSR count). The molecule has 0 spiro atoms. The quantitative estimate of drug-likeness (QED) is 0.390. The Labute approximate surface area is 52.7 Å². The summed E-state index contributed by atoms with van der Waals surface area (Å²) in [4.78, 5) is 0. The van der Waals surface area contributed by atoms with Crippen LogP contribution in [-0.4, -0.2) is 26.4 Å². The van der Waals surface area contributed by atoms with Crippen molar-refractivity contribution >= 4 is 10.3 Å². The molecule has 0 aliphatic rings. The van der Waals surface area contributed by atoms with Crippen LogP contribution in [0.5, 0.6) is 0 Å². The van der Waals surface area contributed by atoms with Crippen LogP contribution in [0.4, 0.5) is 0 Å². The molecule has 0 saturated carbocycles. The number of hydrogen-bond donors (Lipinski definition) is 3. The average Bonchev–Trinajstić information content (AvgIpc) is 1.62. The largest absolute Gasteiger partial charge is 0.392 e. The zero-order valence-corrected chi connectivity index (χ0v) is 5.34. The van der Waals surface area contributed by atoms with Gasteiger partial charge in [0.1, 0.15) is 6.23 Å². The number of nitrogens with two attached hydrogens (primary N) is 2. The van der Waals surface area contributed by atoms with Gasteiger partial charge in [-0.2, -0.15) is 8.42 Å². The predicted molar refractivity (Wildman–Crippen MR) is 29.3 cm³/mol. The summed E-state index contributed by atoms with van der Waals surface area (Å²) in [7, 11) is -4.02. The highest BCUT2D eigenvalue weighted by Gasteiger charge is 2.08. The van der Waals surface area contributed by atoms with E-state index in [1.807, 2.05) is 0 Å². The highest BCUT2D eigenvalue weighted by molar-refractivity contribution is 7.84. The van der Waals surface area contributed by atoms with Crippen LogP contribution in [0, 0.1) is 0 Å². The Balaban J connectivity index is 3.75. The van der Waals surface area contributed by atoms with E-state index in [2.05, 4.69) is 9.32 Å². The van der Waals surface area contributed by atoms with Gasteiger partial charge in [0, 0.05) is 0 Å². The molecule has 56 valence electrons. The zero-order chi connectivity index (χ0) is 7.49. The molecule has 1 atom stereocenters. The molecule has 0 aliphatic carbocycles. The summed E-state index contributed by atoms with van der Waals surface area (Å²) in [5.74, 6) is 0. The fourth-order valence-electron chi connectivity index (χ4n) is 0.203. The van der Waals surface area contributed by atoms with Gasteiger partial charge in [-0.05, 0) is 0 Å². The third-order valence-corrected chi connectivity index (χ3v) is 0.953. The number of hydrogen-bond acceptors (Lipinski definition) is 5. The number of aliphatic hydroxyl groups is 1. The Morgan fingerprint density at radius 2 is 2.11 bits per heavy atom. The monoisotopic (exact) mass is 156 g/mol. The summed E-state index contributed by atoms with van der Waals surface area (Å²) < 4.78 is 23.8. The van der Waals surface area contributed by atoms with Crippen molar-refractivity contribution in [3.8, 4) is 0 Å². The molecule has 0 saturated heterocycles. The van der Waals surface area contributed by atoms with Crippen LogP contribution in [0.1, 0.15) is 0 Å². The summed E-state index contributed by atoms with van der Waals surface area (Å²) in [6.07, 6.45) is -1.26. The van der Waals surface area contributed by atoms with Crippen LogP contribution in [0.25, 0.3) is 0 Å². The van der Waals surface area contributed by atoms with Crippen molar-refractivity contribution < 1.29 is 17.7 Å². The predicted octanol–water partition coefficient (Wildman–Crippen LogP) is -2.52. The molecule has 9 heavy (non-hydrogen) atoms. The maximum absolute atomic E-state index is 9.96. The minimum absolute atomic E-state index is 0.587. The van der Waals surface area contributed by atoms with Gasteiger partial charge in [-0.3, -0.25) is 0 Å². The second-order valence-electron chi connectivity index (χ2n) is 1.31. The van der Waals surface area contributed by atoms with Gasteiger partial charge in [-0.25, -0.2) is 9.32 Å². The Hall–Kier alpha value is -0.210. The van der Waals surface area contributed by atoms with Crippen LogP contribution < -0.4 is 10.9 Å². The lowest BCUT2D eigenvalue weighted by molar-refractivity contribution is 0.126. The normalized spacial score (nSPS) is 15.4. The van der Waals surface area contributed by atoms with Crippen LogP contribution in [0.3, 0.4) is 0 Å². The lowest BCUT2D eigenvalue weighted by Gasteiger charge is -2.04. The first-order valence-corrected chi connectivity index (χ1v) is 3.50. The third-order valence-electron chi connectivity index (χ3n) is 0.438. The van der Waals surface area contributed by atoms with Crippen LogP contribution in [-0.2, 0) is 14.5 Å². The number of rotatable bonds is 3. The first-order chi connectivity index (χ1) is 3.95. The third kappa shape index (κ3) is 5.66. The van der Waals surface area contributed by atoms with Crippen molar-refractivity contribution in [3.05, 3.63) is 0 Å². The molecule has 7 heteroatoms. The van der Waals surface area contributed by atoms with E-state index in [1.165, 1.54) is 0 Å². The Morgan fingerprint density at radius 3 is 2.22 bits per heavy atom. The molecule has 0 aromatic carbocycles. The maximum Gasteiger partial charge on any atom is 0.334 e. The Bertz CT molecular complexity index is 163. The highest BCUT2D eigenvalue weighted by atomic mass is 32.2. The van der Waals surface area contributed by atoms with Crippen LogP contribution in [0.15, 0.2) is 0 Å². The maximum atomic E-state index is 9.96. The molecule has 6 nitrogen and oxygen atoms in total. The molecule has 0 aromatic rings. The van der Waals surface area contributed by atoms with Gasteiger partial charge in [-0.1, -0.05) is 0 Å². The van der Waals surface area contributed by atoms with Gasteiger partial charge in [0.15, 0.2) is 0 Å². The van der Waals surface area contributed by atoms with Gasteiger partial charge in [0.25, 0.3) is 0 Å². The summed E-state index contributed by atoms with van der Waals surface area (Å²) >= 11 is 0. The van der Waals surface area contributed by atoms with Crippen molar-refractivity contribution in [2.24, 2.45) is 10.9 Å². The van der Waals surface area contributed by atoms with Gasteiger partial charge in [0.2, 0.25) is 0 Å². The van der Waals surface area contributed by atoms with E-state index >= 15 is 0 Å². The average molecular weight is 156 g/mol. The molecular weight excluding hydrogens is 148 g/mol. The molecule has 0 fully saturated rings. The minimum Gasteiger partial charge on any atom is -0.392 e. The molecule has 0 radical (unpaired) electrons. The topological polar surface area (TPSA) is 116 Å². The summed E-state index contributed by atoms with van der Waals surface area (Å²) in [6.45, 7) is -0.587. The van der Waals surface area contributed by atoms with Gasteiger partial charge < -0.3 is 10.8 Å². The van der Waals surface area contributed by atoms with E-state index in [9.17, 15) is 8.42 Å². The Morgan fingerprint density at radius 1 is 1.67 bits per heavy atom. The smallest absolute Gasteiger partial charge is 0.334 e. The first kappa shape index (κ1) is 8.79. The fourth-order valence-corrected chi connectivity index (χ4v) is 0.608. The van der Waals surface area contributed by atoms with Gasteiger partial charge >= 0.3 is 10.3 Å². The number of aliphatic hydroxyl groups excluding tert-OH is 1. The molecule has 0 aliphatic heterocycles. The zero-order valence-electron chi connectivity index (χ0n) is 4.52. The van der Waals surface area contributed by atoms with Gasteiger partial charge in [-0.15, -0.1) is 0 Å². The van der Waals surface area contributed by atoms with Crippen LogP contribution >= 0.6 is 0 Å². The molecule has 0 amide bonds. The van der Waals surface area contributed by atoms with Gasteiger partial charge in [0.05, 0.1) is 6.61 Å². The summed E-state index contributed by atoms with van der Waals surface area (Å²) in [6, 6.07) is 0. The minimum atomic E-state index is -4.02. The molecule has 1 unspecified atom stereocenters. The van der Waals surface area contributed by atoms with E-state index in [0.717, 1.165) is 0 Å². The molecule has 0 bridgehead atoms. The second kappa shape index (κ2) is 3.08. The van der Waals surface area contributed by atoms with Crippen molar-refractivity contribution in [1.82, 2.24) is 0 Å². The van der Waals surface area contributed by atoms with Crippen molar-refractivity contribution in [2.45, 2.75) is 6.23 Å². The second-order valence-corrected chi connectivity index (χ2v) is 2.49. The molecule has 5 N–H and O–H groups in total. The lowest BCUT2D eigenvalue weighted by atomic mass is 10.7. The molecule has 0 heterocycles. The standard InChI is InChI=1S/C2H8N2O4S/c3-2(1-5)8-9(4,6)7/h2,5H,1,3H2,(H2,4,6,7). The highest BCUT2D eigenvalue weighted by Crippen LogP contribution is 1.84. The van der Waals surface area contributed by atoms with E-state index in [1.54, 1.807) is 0 Å². The Kier molecular flexibility index (Phi) is 3.01. The van der Waals surface area contributed by atoms with Crippen molar-refractivity contribution in [3.63, 3.8) is 0 Å². The van der Waals surface area contributed by atoms with Crippen molar-refractivity contribution in [2.75, 3.05) is 6.61 Å². The van der Waals surface area contributed by atoms with E-state index in [0.29, 0.717) is 0 Å².